The van der Waals surface area contributed by atoms with Crippen LogP contribution in [0.25, 0.3) is 0 Å². The van der Waals surface area contributed by atoms with Gasteiger partial charge in [0.2, 0.25) is 11.8 Å². The number of likely N-dealkylation sites (tertiary alicyclic amines) is 1. The van der Waals surface area contributed by atoms with Crippen molar-refractivity contribution in [2.45, 2.75) is 57.2 Å². The van der Waals surface area contributed by atoms with Gasteiger partial charge in [-0.15, -0.1) is 0 Å². The lowest BCUT2D eigenvalue weighted by molar-refractivity contribution is -0.139. The number of ether oxygens (including phenoxy) is 1. The molecule has 2 aromatic carbocycles. The summed E-state index contributed by atoms with van der Waals surface area (Å²) < 4.78 is 5.51. The van der Waals surface area contributed by atoms with Gasteiger partial charge in [-0.2, -0.15) is 0 Å². The summed E-state index contributed by atoms with van der Waals surface area (Å²) in [5.41, 5.74) is 3.40. The topological polar surface area (TPSA) is 99.8 Å². The van der Waals surface area contributed by atoms with Crippen LogP contribution in [0.4, 0.5) is 11.4 Å². The number of nitrogens with zero attached hydrogens (tertiary/aromatic N) is 1. The lowest BCUT2D eigenvalue weighted by Crippen LogP contribution is -2.50. The molecule has 3 aliphatic rings. The fourth-order valence-electron chi connectivity index (χ4n) is 6.39. The minimum atomic E-state index is -0.238. The van der Waals surface area contributed by atoms with E-state index in [9.17, 15) is 14.4 Å². The number of para-hydroxylation sites is 1. The highest BCUT2D eigenvalue weighted by molar-refractivity contribution is 5.96. The lowest BCUT2D eigenvalue weighted by Gasteiger charge is -2.41. The van der Waals surface area contributed by atoms with Gasteiger partial charge in [0, 0.05) is 49.5 Å². The summed E-state index contributed by atoms with van der Waals surface area (Å²) in [6, 6.07) is 15.1. The molecule has 2 aliphatic heterocycles. The number of carbonyl (C=O) groups is 3. The number of hydrogen-bond acceptors (Lipinski definition) is 5. The van der Waals surface area contributed by atoms with Crippen LogP contribution in [0.1, 0.15) is 61.0 Å². The number of benzene rings is 2. The van der Waals surface area contributed by atoms with Crippen molar-refractivity contribution < 1.29 is 19.1 Å². The van der Waals surface area contributed by atoms with Crippen molar-refractivity contribution in [1.82, 2.24) is 10.2 Å². The highest BCUT2D eigenvalue weighted by atomic mass is 16.5. The summed E-state index contributed by atoms with van der Waals surface area (Å²) in [6.07, 6.45) is 4.47. The van der Waals surface area contributed by atoms with Gasteiger partial charge in [0.25, 0.3) is 5.91 Å². The van der Waals surface area contributed by atoms with Gasteiger partial charge >= 0.3 is 0 Å². The number of carbonyl (C=O) groups excluding carboxylic acids is 3. The number of fused-ring (bicyclic) bond motifs is 3. The van der Waals surface area contributed by atoms with Crippen LogP contribution in [0.3, 0.4) is 0 Å². The highest BCUT2D eigenvalue weighted by Crippen LogP contribution is 2.47. The summed E-state index contributed by atoms with van der Waals surface area (Å²) in [5, 5.41) is 9.51. The van der Waals surface area contributed by atoms with Crippen molar-refractivity contribution in [3.63, 3.8) is 0 Å². The zero-order valence-corrected chi connectivity index (χ0v) is 21.5. The Bertz CT molecular complexity index is 1150. The third-order valence-electron chi connectivity index (χ3n) is 8.08. The molecule has 2 heterocycles. The van der Waals surface area contributed by atoms with E-state index in [-0.39, 0.29) is 47.7 Å². The molecule has 8 nitrogen and oxygen atoms in total. The predicted octanol–water partition coefficient (Wildman–Crippen LogP) is 3.96. The van der Waals surface area contributed by atoms with E-state index in [2.05, 4.69) is 33.0 Å². The number of nitrogens with one attached hydrogen (secondary N) is 3. The van der Waals surface area contributed by atoms with Gasteiger partial charge in [-0.05, 0) is 55.2 Å². The van der Waals surface area contributed by atoms with E-state index in [0.29, 0.717) is 24.4 Å². The maximum absolute atomic E-state index is 14.1. The third kappa shape index (κ3) is 5.21. The first-order chi connectivity index (χ1) is 18.0. The van der Waals surface area contributed by atoms with E-state index in [1.54, 1.807) is 31.4 Å². The van der Waals surface area contributed by atoms with Crippen molar-refractivity contribution in [2.75, 3.05) is 30.9 Å². The van der Waals surface area contributed by atoms with Crippen molar-refractivity contribution in [1.29, 1.82) is 0 Å². The largest absolute Gasteiger partial charge is 0.383 e. The first-order valence-electron chi connectivity index (χ1n) is 13.3. The first kappa shape index (κ1) is 25.3. The Hall–Kier alpha value is -3.39. The Kier molecular flexibility index (Phi) is 7.46. The molecule has 0 unspecified atom stereocenters. The van der Waals surface area contributed by atoms with Gasteiger partial charge in [-0.25, -0.2) is 0 Å². The minimum Gasteiger partial charge on any atom is -0.383 e. The maximum Gasteiger partial charge on any atom is 0.251 e. The number of anilines is 2. The molecule has 1 aliphatic carbocycles. The van der Waals surface area contributed by atoms with Gasteiger partial charge < -0.3 is 25.6 Å². The molecule has 0 radical (unpaired) electrons. The van der Waals surface area contributed by atoms with Crippen LogP contribution in [-0.4, -0.2) is 55.0 Å². The number of rotatable bonds is 6. The molecule has 0 spiro atoms. The van der Waals surface area contributed by atoms with E-state index in [1.807, 2.05) is 12.1 Å². The van der Waals surface area contributed by atoms with E-state index in [0.717, 1.165) is 37.8 Å². The molecule has 0 bridgehead atoms. The molecule has 1 saturated carbocycles. The van der Waals surface area contributed by atoms with E-state index in [1.165, 1.54) is 12.5 Å². The zero-order valence-electron chi connectivity index (χ0n) is 21.5. The lowest BCUT2D eigenvalue weighted by atomic mass is 9.81. The standard InChI is InChI=1S/C29H36N4O4/c1-18(34)30-20-13-11-19(12-14-20)28(35)32-25-10-6-4-8-23(25)29(36)33-16-15-22-26(17-37-2)31-24-9-5-3-7-21(24)27(22)33/h3,5,7,9,11-14,22-23,25-27,31H,4,6,8,10,15-17H2,1-2H3,(H,30,34)(H,32,35)/t22-,23+,25-,26+,27+/m1/s1. The van der Waals surface area contributed by atoms with Crippen LogP contribution >= 0.6 is 0 Å². The number of amides is 3. The summed E-state index contributed by atoms with van der Waals surface area (Å²) in [5.74, 6) is -0.150. The van der Waals surface area contributed by atoms with Crippen LogP contribution in [0.15, 0.2) is 48.5 Å². The summed E-state index contributed by atoms with van der Waals surface area (Å²) >= 11 is 0. The van der Waals surface area contributed by atoms with Gasteiger partial charge in [0.05, 0.1) is 24.6 Å². The predicted molar refractivity (Wildman–Crippen MR) is 142 cm³/mol. The summed E-state index contributed by atoms with van der Waals surface area (Å²) in [7, 11) is 1.72. The second-order valence-corrected chi connectivity index (χ2v) is 10.5. The zero-order chi connectivity index (χ0) is 25.9. The van der Waals surface area contributed by atoms with Crippen molar-refractivity contribution in [3.8, 4) is 0 Å². The van der Waals surface area contributed by atoms with E-state index < -0.39 is 0 Å². The molecular formula is C29H36N4O4. The Morgan fingerprint density at radius 3 is 2.54 bits per heavy atom. The summed E-state index contributed by atoms with van der Waals surface area (Å²) in [4.78, 5) is 40.5. The van der Waals surface area contributed by atoms with Gasteiger partial charge in [0.1, 0.15) is 0 Å². The van der Waals surface area contributed by atoms with Gasteiger partial charge in [-0.3, -0.25) is 14.4 Å². The second kappa shape index (κ2) is 10.9. The monoisotopic (exact) mass is 504 g/mol. The molecular weight excluding hydrogens is 468 g/mol. The van der Waals surface area contributed by atoms with Crippen molar-refractivity contribution in [3.05, 3.63) is 59.7 Å². The van der Waals surface area contributed by atoms with Crippen molar-refractivity contribution >= 4 is 29.1 Å². The Labute approximate surface area is 218 Å². The van der Waals surface area contributed by atoms with Crippen LogP contribution in [0, 0.1) is 11.8 Å². The molecule has 37 heavy (non-hydrogen) atoms. The van der Waals surface area contributed by atoms with Crippen LogP contribution in [-0.2, 0) is 14.3 Å². The molecule has 1 saturated heterocycles. The van der Waals surface area contributed by atoms with Gasteiger partial charge in [-0.1, -0.05) is 31.0 Å². The van der Waals surface area contributed by atoms with E-state index >= 15 is 0 Å². The average molecular weight is 505 g/mol. The maximum atomic E-state index is 14.1. The van der Waals surface area contributed by atoms with Crippen LogP contribution in [0.2, 0.25) is 0 Å². The fraction of sp³-hybridized carbons (Fsp3) is 0.483. The minimum absolute atomic E-state index is 0.0182. The molecule has 2 aromatic rings. The molecule has 0 aromatic heterocycles. The number of methoxy groups -OCH3 is 1. The summed E-state index contributed by atoms with van der Waals surface area (Å²) in [6.45, 7) is 2.76. The van der Waals surface area contributed by atoms with Crippen LogP contribution in [0.5, 0.6) is 0 Å². The molecule has 3 amide bonds. The quantitative estimate of drug-likeness (QED) is 0.553. The van der Waals surface area contributed by atoms with Crippen molar-refractivity contribution in [2.24, 2.45) is 11.8 Å². The average Bonchev–Trinajstić information content (AvgIpc) is 3.35. The van der Waals surface area contributed by atoms with Crippen LogP contribution < -0.4 is 16.0 Å². The Morgan fingerprint density at radius 1 is 1.03 bits per heavy atom. The van der Waals surface area contributed by atoms with Gasteiger partial charge in [0.15, 0.2) is 0 Å². The highest BCUT2D eigenvalue weighted by Gasteiger charge is 2.48. The second-order valence-electron chi connectivity index (χ2n) is 10.5. The molecule has 2 fully saturated rings. The Morgan fingerprint density at radius 2 is 1.78 bits per heavy atom. The van der Waals surface area contributed by atoms with E-state index in [4.69, 9.17) is 4.74 Å². The fourth-order valence-corrected chi connectivity index (χ4v) is 6.39. The molecule has 5 rings (SSSR count). The Balaban J connectivity index is 1.33. The number of hydrogen-bond donors (Lipinski definition) is 3. The third-order valence-corrected chi connectivity index (χ3v) is 8.08. The first-order valence-corrected chi connectivity index (χ1v) is 13.3. The molecule has 3 N–H and O–H groups in total. The smallest absolute Gasteiger partial charge is 0.251 e. The SMILES string of the molecule is COC[C@@H]1Nc2ccccc2[C@H]2[C@@H]1CCN2C(=O)[C@H]1CCCC[C@H]1NC(=O)c1ccc(NC(C)=O)cc1. The normalized spacial score (nSPS) is 26.4. The molecule has 8 heteroatoms. The molecule has 196 valence electrons. The molecule has 5 atom stereocenters.